The summed E-state index contributed by atoms with van der Waals surface area (Å²) in [5, 5.41) is 0. The molecule has 21 heavy (non-hydrogen) atoms. The molecule has 3 heterocycles. The van der Waals surface area contributed by atoms with Crippen LogP contribution in [-0.2, 0) is 0 Å². The van der Waals surface area contributed by atoms with E-state index in [0.29, 0.717) is 18.0 Å². The maximum Gasteiger partial charge on any atom is 0.220 e. The fourth-order valence-electron chi connectivity index (χ4n) is 3.57. The largest absolute Gasteiger partial charge is 0.368 e. The second-order valence-electron chi connectivity index (χ2n) is 5.96. The number of hydrogen-bond donors (Lipinski definition) is 1. The van der Waals surface area contributed by atoms with Gasteiger partial charge in [-0.15, -0.1) is 0 Å². The van der Waals surface area contributed by atoms with Crippen molar-refractivity contribution in [2.24, 2.45) is 0 Å². The van der Waals surface area contributed by atoms with Gasteiger partial charge in [-0.2, -0.15) is 0 Å². The first-order valence-corrected chi connectivity index (χ1v) is 7.37. The van der Waals surface area contributed by atoms with E-state index in [1.807, 2.05) is 24.4 Å². The quantitative estimate of drug-likeness (QED) is 0.906. The van der Waals surface area contributed by atoms with Crippen LogP contribution < -0.4 is 10.6 Å². The second kappa shape index (κ2) is 4.70. The van der Waals surface area contributed by atoms with E-state index in [9.17, 15) is 0 Å². The van der Waals surface area contributed by atoms with Gasteiger partial charge in [0, 0.05) is 30.7 Å². The summed E-state index contributed by atoms with van der Waals surface area (Å²) in [5.74, 6) is 0.332. The summed E-state index contributed by atoms with van der Waals surface area (Å²) in [6.45, 7) is 2.16. The first-order chi connectivity index (χ1) is 10.2. The Bertz CT molecular complexity index is 655. The van der Waals surface area contributed by atoms with Crippen LogP contribution in [0.15, 0.2) is 36.5 Å². The molecule has 2 unspecified atom stereocenters. The molecule has 108 valence electrons. The van der Waals surface area contributed by atoms with E-state index < -0.39 is 0 Å². The fourth-order valence-corrected chi connectivity index (χ4v) is 3.57. The lowest BCUT2D eigenvalue weighted by atomic mass is 10.1. The molecule has 0 spiro atoms. The third-order valence-corrected chi connectivity index (χ3v) is 4.66. The van der Waals surface area contributed by atoms with Crippen LogP contribution in [0.25, 0.3) is 11.3 Å². The number of nitrogen functional groups attached to an aromatic ring is 1. The van der Waals surface area contributed by atoms with E-state index in [2.05, 4.69) is 38.9 Å². The topological polar surface area (TPSA) is 58.3 Å². The number of nitrogens with two attached hydrogens (primary N) is 1. The predicted octanol–water partition coefficient (Wildman–Crippen LogP) is 1.62. The summed E-state index contributed by atoms with van der Waals surface area (Å²) in [7, 11) is 2.21. The fraction of sp³-hybridized carbons (Fsp3) is 0.375. The highest BCUT2D eigenvalue weighted by atomic mass is 15.3. The first kappa shape index (κ1) is 12.6. The average Bonchev–Trinajstić information content (AvgIpc) is 3.07. The minimum atomic E-state index is 0.332. The lowest BCUT2D eigenvalue weighted by molar-refractivity contribution is 0.292. The van der Waals surface area contributed by atoms with Gasteiger partial charge < -0.3 is 10.6 Å². The number of likely N-dealkylation sites (tertiary alicyclic amines) is 1. The van der Waals surface area contributed by atoms with Gasteiger partial charge in [-0.25, -0.2) is 9.97 Å². The van der Waals surface area contributed by atoms with Crippen molar-refractivity contribution in [2.75, 3.05) is 30.8 Å². The molecule has 1 aromatic heterocycles. The number of fused-ring (bicyclic) bond motifs is 2. The lowest BCUT2D eigenvalue weighted by Crippen LogP contribution is -2.44. The van der Waals surface area contributed by atoms with Gasteiger partial charge in [-0.05, 0) is 13.5 Å². The van der Waals surface area contributed by atoms with Gasteiger partial charge in [0.25, 0.3) is 0 Å². The number of hydrogen-bond acceptors (Lipinski definition) is 5. The van der Waals surface area contributed by atoms with Gasteiger partial charge in [-0.1, -0.05) is 30.3 Å². The molecular weight excluding hydrogens is 262 g/mol. The zero-order valence-electron chi connectivity index (χ0n) is 12.1. The first-order valence-electron chi connectivity index (χ1n) is 7.37. The Balaban J connectivity index is 1.76. The van der Waals surface area contributed by atoms with Crippen molar-refractivity contribution in [1.29, 1.82) is 0 Å². The Kier molecular flexibility index (Phi) is 2.82. The van der Waals surface area contributed by atoms with Crippen molar-refractivity contribution >= 4 is 11.6 Å². The van der Waals surface area contributed by atoms with Gasteiger partial charge >= 0.3 is 0 Å². The smallest absolute Gasteiger partial charge is 0.220 e. The van der Waals surface area contributed by atoms with Gasteiger partial charge in [0.1, 0.15) is 0 Å². The van der Waals surface area contributed by atoms with E-state index in [-0.39, 0.29) is 0 Å². The SMILES string of the molecule is CN1CC2CC1CN2c1cnc(N)nc1-c1ccccc1. The molecule has 0 saturated carbocycles. The average molecular weight is 281 g/mol. The minimum Gasteiger partial charge on any atom is -0.368 e. The summed E-state index contributed by atoms with van der Waals surface area (Å²) in [4.78, 5) is 13.6. The predicted molar refractivity (Wildman–Crippen MR) is 84.0 cm³/mol. The van der Waals surface area contributed by atoms with Gasteiger partial charge in [0.2, 0.25) is 5.95 Å². The van der Waals surface area contributed by atoms with Crippen LogP contribution in [0.1, 0.15) is 6.42 Å². The Hall–Kier alpha value is -2.14. The molecule has 0 amide bonds. The molecule has 0 radical (unpaired) electrons. The maximum absolute atomic E-state index is 5.81. The highest BCUT2D eigenvalue weighted by Crippen LogP contribution is 2.37. The van der Waals surface area contributed by atoms with Gasteiger partial charge in [0.05, 0.1) is 17.6 Å². The minimum absolute atomic E-state index is 0.332. The van der Waals surface area contributed by atoms with Crippen molar-refractivity contribution < 1.29 is 0 Å². The van der Waals surface area contributed by atoms with Gasteiger partial charge in [-0.3, -0.25) is 4.90 Å². The molecule has 0 aliphatic carbocycles. The van der Waals surface area contributed by atoms with Crippen molar-refractivity contribution in [3.8, 4) is 11.3 Å². The Morgan fingerprint density at radius 2 is 1.95 bits per heavy atom. The van der Waals surface area contributed by atoms with Crippen LogP contribution in [0.4, 0.5) is 11.6 Å². The standard InChI is InChI=1S/C16H19N5/c1-20-9-13-7-12(20)10-21(13)14-8-18-16(17)19-15(14)11-5-3-2-4-6-11/h2-6,8,12-13H,7,9-10H2,1H3,(H2,17,18,19). The summed E-state index contributed by atoms with van der Waals surface area (Å²) < 4.78 is 0. The van der Waals surface area contributed by atoms with E-state index in [4.69, 9.17) is 5.73 Å². The summed E-state index contributed by atoms with van der Waals surface area (Å²) in [5.41, 5.74) is 8.96. The van der Waals surface area contributed by atoms with Crippen molar-refractivity contribution in [3.05, 3.63) is 36.5 Å². The third kappa shape index (κ3) is 2.05. The second-order valence-corrected chi connectivity index (χ2v) is 5.96. The zero-order valence-corrected chi connectivity index (χ0v) is 12.1. The Labute approximate surface area is 124 Å². The molecule has 2 N–H and O–H groups in total. The van der Waals surface area contributed by atoms with E-state index in [1.165, 1.54) is 6.42 Å². The molecule has 2 atom stereocenters. The molecular formula is C16H19N5. The number of aromatic nitrogens is 2. The zero-order chi connectivity index (χ0) is 14.4. The van der Waals surface area contributed by atoms with Crippen molar-refractivity contribution in [2.45, 2.75) is 18.5 Å². The van der Waals surface area contributed by atoms with E-state index in [0.717, 1.165) is 30.0 Å². The number of likely N-dealkylation sites (N-methyl/N-ethyl adjacent to an activating group) is 1. The van der Waals surface area contributed by atoms with E-state index >= 15 is 0 Å². The van der Waals surface area contributed by atoms with Crippen LogP contribution >= 0.6 is 0 Å². The molecule has 5 heteroatoms. The molecule has 1 aromatic carbocycles. The number of nitrogens with zero attached hydrogens (tertiary/aromatic N) is 4. The maximum atomic E-state index is 5.81. The number of anilines is 2. The molecule has 2 aliphatic heterocycles. The number of benzene rings is 1. The highest BCUT2D eigenvalue weighted by molar-refractivity contribution is 5.76. The molecule has 2 saturated heterocycles. The number of piperazine rings is 1. The molecule has 5 nitrogen and oxygen atoms in total. The molecule has 2 aliphatic rings. The third-order valence-electron chi connectivity index (χ3n) is 4.66. The van der Waals surface area contributed by atoms with Crippen molar-refractivity contribution in [1.82, 2.24) is 14.9 Å². The van der Waals surface area contributed by atoms with Gasteiger partial charge in [0.15, 0.2) is 0 Å². The van der Waals surface area contributed by atoms with Crippen LogP contribution in [0.2, 0.25) is 0 Å². The Morgan fingerprint density at radius 3 is 2.62 bits per heavy atom. The number of rotatable bonds is 2. The monoisotopic (exact) mass is 281 g/mol. The molecule has 2 aromatic rings. The van der Waals surface area contributed by atoms with Crippen LogP contribution in [0, 0.1) is 0 Å². The van der Waals surface area contributed by atoms with Crippen LogP contribution in [-0.4, -0.2) is 47.1 Å². The lowest BCUT2D eigenvalue weighted by Gasteiger charge is -2.34. The van der Waals surface area contributed by atoms with E-state index in [1.54, 1.807) is 0 Å². The van der Waals surface area contributed by atoms with Crippen molar-refractivity contribution in [3.63, 3.8) is 0 Å². The normalized spacial score (nSPS) is 24.7. The highest BCUT2D eigenvalue weighted by Gasteiger charge is 2.42. The summed E-state index contributed by atoms with van der Waals surface area (Å²) >= 11 is 0. The Morgan fingerprint density at radius 1 is 1.14 bits per heavy atom. The molecule has 2 fully saturated rings. The summed E-state index contributed by atoms with van der Waals surface area (Å²) in [6, 6.07) is 11.4. The van der Waals surface area contributed by atoms with Crippen LogP contribution in [0.5, 0.6) is 0 Å². The molecule has 2 bridgehead atoms. The molecule has 4 rings (SSSR count). The van der Waals surface area contributed by atoms with Crippen LogP contribution in [0.3, 0.4) is 0 Å². The summed E-state index contributed by atoms with van der Waals surface area (Å²) in [6.07, 6.45) is 3.11.